The normalized spacial score (nSPS) is 13.5. The molecule has 150 valence electrons. The minimum absolute atomic E-state index is 0.0190. The number of carbonyl (C=O) groups excluding carboxylic acids is 1. The standard InChI is InChI=1S/C25H24N4O/c1-3-29-24-21(16-26-29)20(15-22(27-24)18-10-5-4-6-11-18)25(30)28-14-8-13-19-12-7-9-17(2)23(19)28/h4-7,9-12,15-16H,3,8,13-14H2,1-2H3. The van der Waals surface area contributed by atoms with Crippen molar-refractivity contribution in [2.75, 3.05) is 11.4 Å². The summed E-state index contributed by atoms with van der Waals surface area (Å²) in [5.41, 5.74) is 6.64. The van der Waals surface area contributed by atoms with Crippen LogP contribution < -0.4 is 4.90 Å². The van der Waals surface area contributed by atoms with Gasteiger partial charge in [-0.25, -0.2) is 9.67 Å². The summed E-state index contributed by atoms with van der Waals surface area (Å²) in [5.74, 6) is 0.0190. The van der Waals surface area contributed by atoms with E-state index in [9.17, 15) is 4.79 Å². The van der Waals surface area contributed by atoms with E-state index >= 15 is 0 Å². The van der Waals surface area contributed by atoms with Gasteiger partial charge in [0, 0.05) is 18.7 Å². The zero-order valence-corrected chi connectivity index (χ0v) is 17.3. The van der Waals surface area contributed by atoms with E-state index in [1.165, 1.54) is 5.56 Å². The second kappa shape index (κ2) is 7.41. The highest BCUT2D eigenvalue weighted by atomic mass is 16.2. The topological polar surface area (TPSA) is 51.0 Å². The fourth-order valence-electron chi connectivity index (χ4n) is 4.41. The molecule has 0 N–H and O–H groups in total. The molecular weight excluding hydrogens is 372 g/mol. The highest BCUT2D eigenvalue weighted by Gasteiger charge is 2.27. The molecule has 1 aliphatic heterocycles. The average molecular weight is 396 g/mol. The molecule has 1 amide bonds. The van der Waals surface area contributed by atoms with E-state index in [4.69, 9.17) is 4.98 Å². The fraction of sp³-hybridized carbons (Fsp3) is 0.240. The van der Waals surface area contributed by atoms with Gasteiger partial charge in [0.1, 0.15) is 0 Å². The van der Waals surface area contributed by atoms with Gasteiger partial charge in [-0.1, -0.05) is 48.5 Å². The first-order chi connectivity index (χ1) is 14.7. The molecule has 0 spiro atoms. The quantitative estimate of drug-likeness (QED) is 0.489. The van der Waals surface area contributed by atoms with Crippen molar-refractivity contribution >= 4 is 22.6 Å². The van der Waals surface area contributed by atoms with Gasteiger partial charge in [0.2, 0.25) is 0 Å². The zero-order chi connectivity index (χ0) is 20.7. The number of pyridine rings is 1. The summed E-state index contributed by atoms with van der Waals surface area (Å²) in [6, 6.07) is 18.2. The molecule has 0 unspecified atom stereocenters. The third-order valence-electron chi connectivity index (χ3n) is 5.87. The van der Waals surface area contributed by atoms with Crippen molar-refractivity contribution in [2.45, 2.75) is 33.2 Å². The highest BCUT2D eigenvalue weighted by molar-refractivity contribution is 6.14. The van der Waals surface area contributed by atoms with E-state index in [0.29, 0.717) is 12.1 Å². The summed E-state index contributed by atoms with van der Waals surface area (Å²) in [4.78, 5) is 20.7. The third-order valence-corrected chi connectivity index (χ3v) is 5.87. The predicted molar refractivity (Wildman–Crippen MR) is 120 cm³/mol. The molecule has 0 atom stereocenters. The number of carbonyl (C=O) groups is 1. The van der Waals surface area contributed by atoms with Crippen molar-refractivity contribution in [1.29, 1.82) is 0 Å². The lowest BCUT2D eigenvalue weighted by molar-refractivity contribution is 0.0986. The molecule has 1 aliphatic rings. The van der Waals surface area contributed by atoms with Crippen LogP contribution in [-0.2, 0) is 13.0 Å². The van der Waals surface area contributed by atoms with E-state index in [1.807, 2.05) is 52.9 Å². The third kappa shape index (κ3) is 2.98. The van der Waals surface area contributed by atoms with Gasteiger partial charge in [0.25, 0.3) is 5.91 Å². The molecule has 2 aromatic carbocycles. The summed E-state index contributed by atoms with van der Waals surface area (Å²) in [5, 5.41) is 5.29. The molecule has 5 heteroatoms. The molecule has 0 bridgehead atoms. The first kappa shape index (κ1) is 18.6. The number of benzene rings is 2. The molecule has 5 rings (SSSR count). The summed E-state index contributed by atoms with van der Waals surface area (Å²) in [6.07, 6.45) is 3.75. The minimum Gasteiger partial charge on any atom is -0.308 e. The number of hydrogen-bond donors (Lipinski definition) is 0. The Kier molecular flexibility index (Phi) is 4.58. The monoisotopic (exact) mass is 396 g/mol. The Morgan fingerprint density at radius 2 is 1.93 bits per heavy atom. The van der Waals surface area contributed by atoms with Gasteiger partial charge in [-0.05, 0) is 43.9 Å². The van der Waals surface area contributed by atoms with E-state index in [1.54, 1.807) is 6.20 Å². The Balaban J connectivity index is 1.70. The maximum absolute atomic E-state index is 13.9. The average Bonchev–Trinajstić information content (AvgIpc) is 3.21. The molecule has 0 aliphatic carbocycles. The van der Waals surface area contributed by atoms with Crippen molar-refractivity contribution < 1.29 is 4.79 Å². The molecule has 0 radical (unpaired) electrons. The van der Waals surface area contributed by atoms with Gasteiger partial charge in [0.05, 0.1) is 28.5 Å². The molecule has 2 aromatic heterocycles. The maximum atomic E-state index is 13.9. The second-order valence-electron chi connectivity index (χ2n) is 7.76. The SMILES string of the molecule is CCn1ncc2c(C(=O)N3CCCc4cccc(C)c43)cc(-c3ccccc3)nc21. The lowest BCUT2D eigenvalue weighted by Crippen LogP contribution is -2.36. The molecule has 0 saturated carbocycles. The number of anilines is 1. The Morgan fingerprint density at radius 3 is 2.73 bits per heavy atom. The molecule has 3 heterocycles. The van der Waals surface area contributed by atoms with Gasteiger partial charge in [-0.3, -0.25) is 4.79 Å². The number of hydrogen-bond acceptors (Lipinski definition) is 3. The minimum atomic E-state index is 0.0190. The maximum Gasteiger partial charge on any atom is 0.259 e. The van der Waals surface area contributed by atoms with E-state index in [-0.39, 0.29) is 5.91 Å². The summed E-state index contributed by atoms with van der Waals surface area (Å²) in [7, 11) is 0. The van der Waals surface area contributed by atoms with E-state index in [0.717, 1.165) is 52.9 Å². The van der Waals surface area contributed by atoms with E-state index < -0.39 is 0 Å². The van der Waals surface area contributed by atoms with Crippen LogP contribution in [0.15, 0.2) is 60.8 Å². The first-order valence-electron chi connectivity index (χ1n) is 10.5. The highest BCUT2D eigenvalue weighted by Crippen LogP contribution is 2.33. The summed E-state index contributed by atoms with van der Waals surface area (Å²) in [6.45, 7) is 5.54. The Labute approximate surface area is 176 Å². The van der Waals surface area contributed by atoms with Crippen LogP contribution in [0.5, 0.6) is 0 Å². The number of aryl methyl sites for hydroxylation is 3. The number of amides is 1. The lowest BCUT2D eigenvalue weighted by Gasteiger charge is -2.31. The predicted octanol–water partition coefficient (Wildman–Crippen LogP) is 5.02. The van der Waals surface area contributed by atoms with Gasteiger partial charge in [-0.2, -0.15) is 5.10 Å². The van der Waals surface area contributed by atoms with Crippen molar-refractivity contribution in [2.24, 2.45) is 0 Å². The van der Waals surface area contributed by atoms with Gasteiger partial charge in [-0.15, -0.1) is 0 Å². The van der Waals surface area contributed by atoms with Crippen LogP contribution >= 0.6 is 0 Å². The largest absolute Gasteiger partial charge is 0.308 e. The molecular formula is C25H24N4O. The molecule has 0 fully saturated rings. The number of rotatable bonds is 3. The first-order valence-corrected chi connectivity index (χ1v) is 10.5. The second-order valence-corrected chi connectivity index (χ2v) is 7.76. The van der Waals surface area contributed by atoms with Crippen LogP contribution in [0.3, 0.4) is 0 Å². The van der Waals surface area contributed by atoms with E-state index in [2.05, 4.69) is 30.2 Å². The molecule has 5 nitrogen and oxygen atoms in total. The Bertz CT molecular complexity index is 1240. The Morgan fingerprint density at radius 1 is 1.10 bits per heavy atom. The summed E-state index contributed by atoms with van der Waals surface area (Å²) >= 11 is 0. The summed E-state index contributed by atoms with van der Waals surface area (Å²) < 4.78 is 1.86. The molecule has 30 heavy (non-hydrogen) atoms. The van der Waals surface area contributed by atoms with Crippen LogP contribution in [0, 0.1) is 6.92 Å². The van der Waals surface area contributed by atoms with Gasteiger partial charge in [0.15, 0.2) is 5.65 Å². The van der Waals surface area contributed by atoms with Crippen LogP contribution in [0.1, 0.15) is 34.8 Å². The lowest BCUT2D eigenvalue weighted by atomic mass is 9.97. The van der Waals surface area contributed by atoms with Crippen molar-refractivity contribution in [3.8, 4) is 11.3 Å². The number of aromatic nitrogens is 3. The van der Waals surface area contributed by atoms with Crippen LogP contribution in [0.4, 0.5) is 5.69 Å². The van der Waals surface area contributed by atoms with Crippen LogP contribution in [0.25, 0.3) is 22.3 Å². The molecule has 0 saturated heterocycles. The zero-order valence-electron chi connectivity index (χ0n) is 17.3. The van der Waals surface area contributed by atoms with Crippen LogP contribution in [-0.4, -0.2) is 27.2 Å². The number of nitrogens with zero attached hydrogens (tertiary/aromatic N) is 4. The number of para-hydroxylation sites is 1. The van der Waals surface area contributed by atoms with Crippen molar-refractivity contribution in [3.63, 3.8) is 0 Å². The number of fused-ring (bicyclic) bond motifs is 2. The van der Waals surface area contributed by atoms with Gasteiger partial charge < -0.3 is 4.90 Å². The molecule has 4 aromatic rings. The fourth-order valence-corrected chi connectivity index (χ4v) is 4.41. The van der Waals surface area contributed by atoms with Crippen molar-refractivity contribution in [3.05, 3.63) is 77.5 Å². The van der Waals surface area contributed by atoms with Gasteiger partial charge >= 0.3 is 0 Å². The Hall–Kier alpha value is -3.47. The van der Waals surface area contributed by atoms with Crippen molar-refractivity contribution in [1.82, 2.24) is 14.8 Å². The van der Waals surface area contributed by atoms with Crippen LogP contribution in [0.2, 0.25) is 0 Å². The smallest absolute Gasteiger partial charge is 0.259 e.